The number of para-hydroxylation sites is 1. The Labute approximate surface area is 171 Å². The summed E-state index contributed by atoms with van der Waals surface area (Å²) in [6, 6.07) is 13.3. The van der Waals surface area contributed by atoms with Crippen LogP contribution in [0.2, 0.25) is 0 Å². The Morgan fingerprint density at radius 2 is 1.66 bits per heavy atom. The van der Waals surface area contributed by atoms with E-state index >= 15 is 0 Å². The molecule has 1 N–H and O–H groups in total. The summed E-state index contributed by atoms with van der Waals surface area (Å²) in [5.41, 5.74) is 2.14. The molecule has 154 valence electrons. The number of hydrogen-bond acceptors (Lipinski definition) is 4. The highest BCUT2D eigenvalue weighted by Crippen LogP contribution is 2.27. The number of nitrogens with zero attached hydrogens (tertiary/aromatic N) is 1. The number of piperidine rings is 1. The van der Waals surface area contributed by atoms with Gasteiger partial charge >= 0.3 is 5.97 Å². The van der Waals surface area contributed by atoms with Crippen LogP contribution < -0.4 is 9.47 Å². The molecule has 1 saturated heterocycles. The largest absolute Gasteiger partial charge is 0.493 e. The Bertz CT molecular complexity index is 834. The van der Waals surface area contributed by atoms with Gasteiger partial charge in [-0.1, -0.05) is 18.2 Å². The van der Waals surface area contributed by atoms with Crippen molar-refractivity contribution in [2.45, 2.75) is 26.7 Å². The second-order valence-corrected chi connectivity index (χ2v) is 7.48. The van der Waals surface area contributed by atoms with Gasteiger partial charge < -0.3 is 19.5 Å². The lowest BCUT2D eigenvalue weighted by atomic mass is 9.96. The number of likely N-dealkylation sites (tertiary alicyclic amines) is 1. The van der Waals surface area contributed by atoms with E-state index in [1.54, 1.807) is 12.1 Å². The van der Waals surface area contributed by atoms with Crippen molar-refractivity contribution in [3.05, 3.63) is 59.2 Å². The predicted octanol–water partition coefficient (Wildman–Crippen LogP) is 3.70. The van der Waals surface area contributed by atoms with Crippen molar-refractivity contribution in [1.29, 1.82) is 0 Å². The van der Waals surface area contributed by atoms with Gasteiger partial charge in [0.15, 0.2) is 6.61 Å². The molecule has 29 heavy (non-hydrogen) atoms. The average molecular weight is 397 g/mol. The van der Waals surface area contributed by atoms with Gasteiger partial charge in [0.25, 0.3) is 5.91 Å². The van der Waals surface area contributed by atoms with Crippen LogP contribution in [-0.4, -0.2) is 48.2 Å². The third-order valence-corrected chi connectivity index (χ3v) is 5.18. The van der Waals surface area contributed by atoms with E-state index in [1.807, 2.05) is 49.1 Å². The first-order valence-corrected chi connectivity index (χ1v) is 9.87. The van der Waals surface area contributed by atoms with Gasteiger partial charge in [-0.05, 0) is 68.0 Å². The highest BCUT2D eigenvalue weighted by Gasteiger charge is 2.25. The van der Waals surface area contributed by atoms with Crippen molar-refractivity contribution in [2.75, 3.05) is 26.3 Å². The highest BCUT2D eigenvalue weighted by molar-refractivity contribution is 5.95. The topological polar surface area (TPSA) is 76.1 Å². The molecule has 2 aromatic carbocycles. The zero-order chi connectivity index (χ0) is 20.8. The first-order chi connectivity index (χ1) is 13.9. The van der Waals surface area contributed by atoms with Crippen molar-refractivity contribution < 1.29 is 24.2 Å². The second-order valence-electron chi connectivity index (χ2n) is 7.48. The van der Waals surface area contributed by atoms with Crippen molar-refractivity contribution in [2.24, 2.45) is 5.92 Å². The van der Waals surface area contributed by atoms with Crippen LogP contribution in [0.5, 0.6) is 11.5 Å². The molecule has 2 aromatic rings. The Kier molecular flexibility index (Phi) is 6.75. The van der Waals surface area contributed by atoms with Crippen LogP contribution in [0, 0.1) is 19.8 Å². The normalized spacial score (nSPS) is 14.5. The third kappa shape index (κ3) is 5.50. The second kappa shape index (κ2) is 9.45. The van der Waals surface area contributed by atoms with Gasteiger partial charge in [0, 0.05) is 18.7 Å². The monoisotopic (exact) mass is 397 g/mol. The molecule has 0 unspecified atom stereocenters. The van der Waals surface area contributed by atoms with Crippen molar-refractivity contribution in [1.82, 2.24) is 4.90 Å². The number of amides is 1. The van der Waals surface area contributed by atoms with Gasteiger partial charge in [0.2, 0.25) is 0 Å². The summed E-state index contributed by atoms with van der Waals surface area (Å²) < 4.78 is 11.2. The molecule has 0 radical (unpaired) electrons. The Hall–Kier alpha value is -3.02. The lowest BCUT2D eigenvalue weighted by molar-refractivity contribution is -0.139. The summed E-state index contributed by atoms with van der Waals surface area (Å²) >= 11 is 0. The Morgan fingerprint density at radius 1 is 1.03 bits per heavy atom. The van der Waals surface area contributed by atoms with Gasteiger partial charge in [-0.3, -0.25) is 4.79 Å². The van der Waals surface area contributed by atoms with Crippen LogP contribution in [0.1, 0.15) is 34.3 Å². The summed E-state index contributed by atoms with van der Waals surface area (Å²) in [6.07, 6.45) is 1.83. The molecule has 0 aromatic heterocycles. The molecule has 3 rings (SSSR count). The first-order valence-electron chi connectivity index (χ1n) is 9.87. The van der Waals surface area contributed by atoms with Crippen molar-refractivity contribution >= 4 is 11.9 Å². The number of carboxylic acids is 1. The van der Waals surface area contributed by atoms with E-state index in [0.717, 1.165) is 29.7 Å². The maximum Gasteiger partial charge on any atom is 0.341 e. The van der Waals surface area contributed by atoms with E-state index in [9.17, 15) is 9.59 Å². The molecular weight excluding hydrogens is 370 g/mol. The van der Waals surface area contributed by atoms with E-state index < -0.39 is 12.6 Å². The number of carbonyl (C=O) groups excluding carboxylic acids is 1. The Balaban J connectivity index is 1.55. The minimum absolute atomic E-state index is 0.00316. The molecule has 0 atom stereocenters. The summed E-state index contributed by atoms with van der Waals surface area (Å²) in [7, 11) is 0. The van der Waals surface area contributed by atoms with E-state index in [1.165, 1.54) is 0 Å². The lowest BCUT2D eigenvalue weighted by Crippen LogP contribution is -2.39. The molecule has 1 amide bonds. The van der Waals surface area contributed by atoms with Crippen molar-refractivity contribution in [3.63, 3.8) is 0 Å². The molecule has 6 nitrogen and oxygen atoms in total. The standard InChI is InChI=1S/C23H27NO5/c1-16-12-19(13-17(2)22(16)29-15-21(25)26)23(27)24-10-8-18(9-11-24)14-28-20-6-4-3-5-7-20/h3-7,12-13,18H,8-11,14-15H2,1-2H3,(H,25,26). The number of aryl methyl sites for hydroxylation is 2. The molecule has 0 saturated carbocycles. The maximum atomic E-state index is 12.9. The van der Waals surface area contributed by atoms with Crippen LogP contribution in [-0.2, 0) is 4.79 Å². The van der Waals surface area contributed by atoms with Crippen LogP contribution >= 0.6 is 0 Å². The molecule has 0 spiro atoms. The van der Waals surface area contributed by atoms with Crippen LogP contribution in [0.3, 0.4) is 0 Å². The molecule has 0 aliphatic carbocycles. The van der Waals surface area contributed by atoms with Gasteiger partial charge in [0.1, 0.15) is 11.5 Å². The fraction of sp³-hybridized carbons (Fsp3) is 0.391. The zero-order valence-corrected chi connectivity index (χ0v) is 16.9. The molecule has 1 heterocycles. The molecule has 1 fully saturated rings. The number of benzene rings is 2. The first kappa shape index (κ1) is 20.7. The quantitative estimate of drug-likeness (QED) is 0.771. The van der Waals surface area contributed by atoms with Crippen LogP contribution in [0.4, 0.5) is 0 Å². The molecule has 1 aliphatic heterocycles. The van der Waals surface area contributed by atoms with Crippen LogP contribution in [0.25, 0.3) is 0 Å². The average Bonchev–Trinajstić information content (AvgIpc) is 2.72. The van der Waals surface area contributed by atoms with E-state index in [0.29, 0.717) is 36.9 Å². The minimum atomic E-state index is -1.02. The lowest BCUT2D eigenvalue weighted by Gasteiger charge is -2.32. The third-order valence-electron chi connectivity index (χ3n) is 5.18. The van der Waals surface area contributed by atoms with Gasteiger partial charge in [0.05, 0.1) is 6.61 Å². The summed E-state index contributed by atoms with van der Waals surface area (Å²) in [5, 5.41) is 8.80. The number of aliphatic carboxylic acids is 1. The SMILES string of the molecule is Cc1cc(C(=O)N2CCC(COc3ccccc3)CC2)cc(C)c1OCC(=O)O. The predicted molar refractivity (Wildman–Crippen MR) is 110 cm³/mol. The fourth-order valence-corrected chi connectivity index (χ4v) is 3.65. The van der Waals surface area contributed by atoms with Crippen molar-refractivity contribution in [3.8, 4) is 11.5 Å². The molecule has 0 bridgehead atoms. The number of carboxylic acid groups (broad SMARTS) is 1. The van der Waals surface area contributed by atoms with Gasteiger partial charge in [-0.15, -0.1) is 0 Å². The van der Waals surface area contributed by atoms with Gasteiger partial charge in [-0.2, -0.15) is 0 Å². The molecule has 1 aliphatic rings. The minimum Gasteiger partial charge on any atom is -0.493 e. The number of ether oxygens (including phenoxy) is 2. The molecule has 6 heteroatoms. The summed E-state index contributed by atoms with van der Waals surface area (Å²) in [6.45, 7) is 5.34. The van der Waals surface area contributed by atoms with E-state index in [2.05, 4.69) is 0 Å². The van der Waals surface area contributed by atoms with E-state index in [4.69, 9.17) is 14.6 Å². The smallest absolute Gasteiger partial charge is 0.341 e. The summed E-state index contributed by atoms with van der Waals surface area (Å²) in [4.78, 5) is 25.5. The molecular formula is C23H27NO5. The Morgan fingerprint density at radius 3 is 2.24 bits per heavy atom. The van der Waals surface area contributed by atoms with Crippen LogP contribution in [0.15, 0.2) is 42.5 Å². The van der Waals surface area contributed by atoms with E-state index in [-0.39, 0.29) is 5.91 Å². The number of carbonyl (C=O) groups is 2. The fourth-order valence-electron chi connectivity index (χ4n) is 3.65. The number of hydrogen-bond donors (Lipinski definition) is 1. The highest BCUT2D eigenvalue weighted by atomic mass is 16.5. The number of rotatable bonds is 7. The summed E-state index contributed by atoms with van der Waals surface area (Å²) in [5.74, 6) is 0.823. The van der Waals surface area contributed by atoms with Gasteiger partial charge in [-0.25, -0.2) is 4.79 Å². The zero-order valence-electron chi connectivity index (χ0n) is 16.9. The maximum absolute atomic E-state index is 12.9.